The second kappa shape index (κ2) is 16.6. The van der Waals surface area contributed by atoms with Gasteiger partial charge in [-0.05, 0) is 43.5 Å². The van der Waals surface area contributed by atoms with Crippen molar-refractivity contribution in [3.63, 3.8) is 0 Å². The van der Waals surface area contributed by atoms with Crippen LogP contribution in [0.5, 0.6) is 11.5 Å². The Kier molecular flexibility index (Phi) is 14.8. The molecule has 0 aliphatic heterocycles. The number of carbonyl (C=O) groups is 2. The second-order valence-electron chi connectivity index (χ2n) is 11.3. The van der Waals surface area contributed by atoms with Crippen LogP contribution in [-0.2, 0) is 9.59 Å². The van der Waals surface area contributed by atoms with E-state index in [2.05, 4.69) is 58.2 Å². The van der Waals surface area contributed by atoms with E-state index in [0.29, 0.717) is 24.3 Å². The normalized spacial score (nSPS) is 13.6. The van der Waals surface area contributed by atoms with Crippen LogP contribution >= 0.6 is 7.81 Å². The molecule has 5 nitrogen and oxygen atoms in total. The maximum atomic E-state index is 12.7. The van der Waals surface area contributed by atoms with Crippen molar-refractivity contribution in [2.45, 2.75) is 125 Å². The van der Waals surface area contributed by atoms with Crippen molar-refractivity contribution < 1.29 is 48.8 Å². The monoisotopic (exact) mass is 655 g/mol. The number of hydrogen-bond acceptors (Lipinski definition) is 4. The average molecular weight is 656 g/mol. The van der Waals surface area contributed by atoms with Gasteiger partial charge in [-0.2, -0.15) is 4.57 Å². The van der Waals surface area contributed by atoms with Gasteiger partial charge in [-0.15, -0.1) is 0 Å². The van der Waals surface area contributed by atoms with Crippen molar-refractivity contribution in [1.29, 1.82) is 0 Å². The van der Waals surface area contributed by atoms with Gasteiger partial charge >= 0.3 is 44.9 Å². The number of benzene rings is 1. The SMILES string of the molecule is CCCCCCCC(=O)Oc1ccc(C(C)[n+]2c(C)cc(C)cc2C)cc1OC(=O)CCCCCCC.F[P-](F)(F)(F)(F)F. The number of rotatable bonds is 16. The molecular formula is C32H48F6NO4P. The first kappa shape index (κ1) is 39.3. The fourth-order valence-electron chi connectivity index (χ4n) is 4.92. The fraction of sp³-hybridized carbons (Fsp3) is 0.594. The van der Waals surface area contributed by atoms with Crippen molar-refractivity contribution in [2.24, 2.45) is 0 Å². The third-order valence-electron chi connectivity index (χ3n) is 6.89. The number of unbranched alkanes of at least 4 members (excludes halogenated alkanes) is 8. The molecule has 2 aromatic rings. The van der Waals surface area contributed by atoms with Crippen molar-refractivity contribution in [2.75, 3.05) is 0 Å². The molecule has 0 aliphatic carbocycles. The zero-order valence-electron chi connectivity index (χ0n) is 26.7. The van der Waals surface area contributed by atoms with Crippen LogP contribution in [0.15, 0.2) is 30.3 Å². The molecule has 0 radical (unpaired) electrons. The van der Waals surface area contributed by atoms with Gasteiger partial charge in [0.25, 0.3) is 0 Å². The molecule has 0 bridgehead atoms. The van der Waals surface area contributed by atoms with E-state index in [-0.39, 0.29) is 18.0 Å². The summed E-state index contributed by atoms with van der Waals surface area (Å²) in [6.45, 7) is 12.8. The molecular weight excluding hydrogens is 607 g/mol. The Balaban J connectivity index is 0.00000123. The zero-order chi connectivity index (χ0) is 33.6. The first-order valence-corrected chi connectivity index (χ1v) is 17.4. The van der Waals surface area contributed by atoms with Crippen LogP contribution in [-0.4, -0.2) is 11.9 Å². The quantitative estimate of drug-likeness (QED) is 0.0451. The number of aryl methyl sites for hydroxylation is 3. The zero-order valence-corrected chi connectivity index (χ0v) is 27.6. The number of esters is 2. The summed E-state index contributed by atoms with van der Waals surface area (Å²) in [7, 11) is -10.7. The minimum absolute atomic E-state index is 0.0235. The number of ether oxygens (including phenoxy) is 2. The Bertz CT molecular complexity index is 1200. The van der Waals surface area contributed by atoms with Crippen molar-refractivity contribution in [1.82, 2.24) is 0 Å². The van der Waals surface area contributed by atoms with Crippen molar-refractivity contribution in [3.05, 3.63) is 52.8 Å². The van der Waals surface area contributed by atoms with E-state index in [4.69, 9.17) is 9.47 Å². The van der Waals surface area contributed by atoms with E-state index >= 15 is 0 Å². The van der Waals surface area contributed by atoms with E-state index in [9.17, 15) is 34.8 Å². The molecule has 1 unspecified atom stereocenters. The van der Waals surface area contributed by atoms with E-state index in [1.54, 1.807) is 6.07 Å². The summed E-state index contributed by atoms with van der Waals surface area (Å²) < 4.78 is 72.9. The first-order valence-electron chi connectivity index (χ1n) is 15.3. The third-order valence-corrected chi connectivity index (χ3v) is 6.89. The summed E-state index contributed by atoms with van der Waals surface area (Å²) in [5.74, 6) is 0.0729. The van der Waals surface area contributed by atoms with Gasteiger partial charge in [-0.3, -0.25) is 9.59 Å². The molecule has 252 valence electrons. The molecule has 1 heterocycles. The topological polar surface area (TPSA) is 56.5 Å². The third kappa shape index (κ3) is 18.2. The summed E-state index contributed by atoms with van der Waals surface area (Å²) in [6.07, 6.45) is 11.3. The van der Waals surface area contributed by atoms with Crippen LogP contribution in [0.4, 0.5) is 25.2 Å². The van der Waals surface area contributed by atoms with Gasteiger partial charge in [-0.1, -0.05) is 65.2 Å². The summed E-state index contributed by atoms with van der Waals surface area (Å²) in [5, 5.41) is 0. The fourth-order valence-corrected chi connectivity index (χ4v) is 4.92. The van der Waals surface area contributed by atoms with Crippen LogP contribution in [0.2, 0.25) is 0 Å². The van der Waals surface area contributed by atoms with Crippen LogP contribution in [0.1, 0.15) is 126 Å². The van der Waals surface area contributed by atoms with Gasteiger partial charge in [0.1, 0.15) is 0 Å². The predicted molar refractivity (Wildman–Crippen MR) is 163 cm³/mol. The molecule has 1 aromatic heterocycles. The van der Waals surface area contributed by atoms with E-state index in [1.165, 1.54) is 31.2 Å². The Morgan fingerprint density at radius 3 is 1.52 bits per heavy atom. The summed E-state index contributed by atoms with van der Waals surface area (Å²) in [6, 6.07) is 9.94. The van der Waals surface area contributed by atoms with Crippen LogP contribution in [0.3, 0.4) is 0 Å². The average Bonchev–Trinajstić information content (AvgIpc) is 2.87. The second-order valence-corrected chi connectivity index (χ2v) is 13.2. The van der Waals surface area contributed by atoms with Gasteiger partial charge in [-0.25, -0.2) is 0 Å². The molecule has 1 atom stereocenters. The molecule has 0 aliphatic rings. The standard InChI is InChI=1S/C32H48NO4.F6P/c1-7-9-11-13-15-17-31(34)36-29-20-19-28(27(6)33-25(4)21-24(3)22-26(33)5)23-30(29)37-32(35)18-16-14-12-10-8-2;1-7(2,3,4,5)6/h19-23,27H,7-18H2,1-6H3;/q+1;-1. The summed E-state index contributed by atoms with van der Waals surface area (Å²) >= 11 is 0. The Morgan fingerprint density at radius 2 is 1.09 bits per heavy atom. The molecule has 0 spiro atoms. The van der Waals surface area contributed by atoms with E-state index in [1.807, 2.05) is 12.1 Å². The number of aromatic nitrogens is 1. The molecule has 0 N–H and O–H groups in total. The molecule has 2 rings (SSSR count). The minimum atomic E-state index is -10.7. The summed E-state index contributed by atoms with van der Waals surface area (Å²) in [5.41, 5.74) is 4.54. The first-order chi connectivity index (χ1) is 20.2. The Morgan fingerprint density at radius 1 is 0.682 bits per heavy atom. The molecule has 0 fully saturated rings. The number of carbonyl (C=O) groups excluding carboxylic acids is 2. The van der Waals surface area contributed by atoms with Crippen molar-refractivity contribution in [3.8, 4) is 11.5 Å². The summed E-state index contributed by atoms with van der Waals surface area (Å²) in [4.78, 5) is 25.2. The maximum absolute atomic E-state index is 12.7. The predicted octanol–water partition coefficient (Wildman–Crippen LogP) is 11.4. The molecule has 12 heteroatoms. The number of pyridine rings is 1. The van der Waals surface area contributed by atoms with E-state index in [0.717, 1.165) is 55.5 Å². The van der Waals surface area contributed by atoms with E-state index < -0.39 is 7.81 Å². The Hall–Kier alpha value is -2.68. The van der Waals surface area contributed by atoms with Crippen LogP contribution in [0.25, 0.3) is 0 Å². The molecule has 0 saturated heterocycles. The van der Waals surface area contributed by atoms with Gasteiger partial charge in [0.15, 0.2) is 28.9 Å². The number of hydrogen-bond donors (Lipinski definition) is 0. The molecule has 0 amide bonds. The Labute approximate surface area is 257 Å². The van der Waals surface area contributed by atoms with Gasteiger partial charge in [0, 0.05) is 51.3 Å². The van der Waals surface area contributed by atoms with Gasteiger partial charge < -0.3 is 9.47 Å². The van der Waals surface area contributed by atoms with Gasteiger partial charge in [0.2, 0.25) is 0 Å². The number of halogens is 6. The van der Waals surface area contributed by atoms with Crippen LogP contribution < -0.4 is 14.0 Å². The molecule has 44 heavy (non-hydrogen) atoms. The molecule has 1 aromatic carbocycles. The van der Waals surface area contributed by atoms with Gasteiger partial charge in [0.05, 0.1) is 0 Å². The van der Waals surface area contributed by atoms with Crippen LogP contribution in [0, 0.1) is 20.8 Å². The van der Waals surface area contributed by atoms with Crippen molar-refractivity contribution >= 4 is 19.7 Å². The number of nitrogens with zero attached hydrogens (tertiary/aromatic N) is 1. The molecule has 0 saturated carbocycles.